The molecule has 0 radical (unpaired) electrons. The smallest absolute Gasteiger partial charge is 0.269 e. The van der Waals surface area contributed by atoms with Crippen LogP contribution in [-0.2, 0) is 4.79 Å². The third-order valence-electron chi connectivity index (χ3n) is 4.20. The molecule has 1 aromatic carbocycles. The maximum absolute atomic E-state index is 11.1. The highest BCUT2D eigenvalue weighted by molar-refractivity contribution is 6.02. The van der Waals surface area contributed by atoms with Gasteiger partial charge >= 0.3 is 0 Å². The van der Waals surface area contributed by atoms with Gasteiger partial charge in [-0.3, -0.25) is 19.8 Å². The van der Waals surface area contributed by atoms with Gasteiger partial charge in [0.25, 0.3) is 11.6 Å². The van der Waals surface area contributed by atoms with Crippen molar-refractivity contribution in [2.75, 3.05) is 26.2 Å². The Kier molecular flexibility index (Phi) is 5.05. The summed E-state index contributed by atoms with van der Waals surface area (Å²) in [5.41, 5.74) is 3.98. The van der Waals surface area contributed by atoms with Gasteiger partial charge < -0.3 is 10.4 Å². The van der Waals surface area contributed by atoms with Crippen LogP contribution < -0.4 is 10.7 Å². The van der Waals surface area contributed by atoms with E-state index < -0.39 is 11.0 Å². The lowest BCUT2D eigenvalue weighted by Crippen LogP contribution is -2.44. The van der Waals surface area contributed by atoms with Crippen molar-refractivity contribution in [1.82, 2.24) is 15.6 Å². The van der Waals surface area contributed by atoms with Crippen LogP contribution in [-0.4, -0.2) is 52.9 Å². The lowest BCUT2D eigenvalue weighted by atomic mass is 10.0. The first kappa shape index (κ1) is 17.1. The molecule has 2 aliphatic rings. The second kappa shape index (κ2) is 7.41. The van der Waals surface area contributed by atoms with Gasteiger partial charge in [-0.15, -0.1) is 0 Å². The number of carbonyl (C=O) groups is 1. The highest BCUT2D eigenvalue weighted by Gasteiger charge is 2.21. The maximum Gasteiger partial charge on any atom is 0.269 e. The first-order valence-electron chi connectivity index (χ1n) is 7.97. The number of amides is 1. The summed E-state index contributed by atoms with van der Waals surface area (Å²) in [6, 6.07) is 6.07. The van der Waals surface area contributed by atoms with Crippen LogP contribution in [0.25, 0.3) is 0 Å². The number of nitrogens with one attached hydrogen (secondary N) is 2. The van der Waals surface area contributed by atoms with E-state index >= 15 is 0 Å². The number of hydrogen-bond acceptors (Lipinski definition) is 7. The van der Waals surface area contributed by atoms with E-state index in [4.69, 9.17) is 0 Å². The lowest BCUT2D eigenvalue weighted by molar-refractivity contribution is -0.385. The fourth-order valence-corrected chi connectivity index (χ4v) is 2.83. The van der Waals surface area contributed by atoms with Crippen molar-refractivity contribution in [2.24, 2.45) is 5.10 Å². The molecule has 2 aliphatic heterocycles. The standard InChI is InChI=1S/C16H19N5O4/c22-14(12-2-1-3-13(8-12)21(24)25)10-20-6-4-11(5-7-20)16-17-9-15(23)18-19-16/h1-4,8,14,22H,5-7,9-10H2,(H,17,19)(H,18,23). The van der Waals surface area contributed by atoms with Gasteiger partial charge in [0, 0.05) is 31.8 Å². The van der Waals surface area contributed by atoms with E-state index in [-0.39, 0.29) is 18.1 Å². The zero-order valence-corrected chi connectivity index (χ0v) is 13.5. The number of carbonyl (C=O) groups excluding carboxylic acids is 1. The van der Waals surface area contributed by atoms with Crippen molar-refractivity contribution in [3.05, 3.63) is 51.6 Å². The molecule has 0 spiro atoms. The van der Waals surface area contributed by atoms with Crippen LogP contribution in [0.5, 0.6) is 0 Å². The average Bonchev–Trinajstić information content (AvgIpc) is 2.63. The summed E-state index contributed by atoms with van der Waals surface area (Å²) in [5, 5.41) is 28.2. The van der Waals surface area contributed by atoms with Crippen molar-refractivity contribution in [3.63, 3.8) is 0 Å². The quantitative estimate of drug-likeness (QED) is 0.521. The molecule has 9 heteroatoms. The molecule has 0 aliphatic carbocycles. The van der Waals surface area contributed by atoms with Crippen molar-refractivity contribution >= 4 is 17.4 Å². The molecule has 3 rings (SSSR count). The van der Waals surface area contributed by atoms with E-state index in [0.29, 0.717) is 24.5 Å². The number of benzene rings is 1. The molecule has 1 aromatic rings. The largest absolute Gasteiger partial charge is 0.387 e. The van der Waals surface area contributed by atoms with Gasteiger partial charge in [0.15, 0.2) is 0 Å². The summed E-state index contributed by atoms with van der Waals surface area (Å²) in [6.07, 6.45) is 1.95. The Bertz CT molecular complexity index is 746. The third-order valence-corrected chi connectivity index (χ3v) is 4.20. The Labute approximate surface area is 144 Å². The predicted molar refractivity (Wildman–Crippen MR) is 90.8 cm³/mol. The number of nitro groups is 1. The Morgan fingerprint density at radius 3 is 2.92 bits per heavy atom. The van der Waals surface area contributed by atoms with E-state index in [0.717, 1.165) is 18.5 Å². The summed E-state index contributed by atoms with van der Waals surface area (Å²) in [6.45, 7) is 1.97. The van der Waals surface area contributed by atoms with E-state index in [2.05, 4.69) is 20.7 Å². The van der Waals surface area contributed by atoms with Crippen LogP contribution in [0.15, 0.2) is 41.0 Å². The van der Waals surface area contributed by atoms with Gasteiger partial charge in [0.2, 0.25) is 0 Å². The monoisotopic (exact) mass is 345 g/mol. The van der Waals surface area contributed by atoms with Crippen molar-refractivity contribution in [2.45, 2.75) is 12.5 Å². The van der Waals surface area contributed by atoms with E-state index in [9.17, 15) is 20.0 Å². The van der Waals surface area contributed by atoms with E-state index in [1.807, 2.05) is 6.08 Å². The fourth-order valence-electron chi connectivity index (χ4n) is 2.83. The first-order chi connectivity index (χ1) is 12.0. The minimum Gasteiger partial charge on any atom is -0.387 e. The highest BCUT2D eigenvalue weighted by Crippen LogP contribution is 2.21. The molecule has 9 nitrogen and oxygen atoms in total. The first-order valence-corrected chi connectivity index (χ1v) is 7.97. The van der Waals surface area contributed by atoms with E-state index in [1.165, 1.54) is 12.1 Å². The van der Waals surface area contributed by atoms with Crippen LogP contribution in [0.4, 0.5) is 5.69 Å². The predicted octanol–water partition coefficient (Wildman–Crippen LogP) is 0.293. The SMILES string of the molecule is O=C1CNC(C2=CCN(CC(O)c3cccc([N+](=O)[O-])c3)CC2)=NN1. The fraction of sp³-hybridized carbons (Fsp3) is 0.375. The topological polar surface area (TPSA) is 120 Å². The Balaban J connectivity index is 1.59. The van der Waals surface area contributed by atoms with Gasteiger partial charge in [-0.25, -0.2) is 5.43 Å². The third kappa shape index (κ3) is 4.20. The van der Waals surface area contributed by atoms with Crippen molar-refractivity contribution in [1.29, 1.82) is 0 Å². The Morgan fingerprint density at radius 2 is 2.28 bits per heavy atom. The molecule has 3 N–H and O–H groups in total. The van der Waals surface area contributed by atoms with Crippen molar-refractivity contribution in [3.8, 4) is 0 Å². The van der Waals surface area contributed by atoms with Gasteiger partial charge in [-0.05, 0) is 17.6 Å². The highest BCUT2D eigenvalue weighted by atomic mass is 16.6. The van der Waals surface area contributed by atoms with Crippen LogP contribution >= 0.6 is 0 Å². The molecule has 1 atom stereocenters. The molecule has 132 valence electrons. The number of β-amino-alcohol motifs (C(OH)–C–C–N with tert-alkyl or cyclic N) is 1. The molecule has 0 fully saturated rings. The Hall–Kier alpha value is -2.78. The number of non-ortho nitro benzene ring substituents is 1. The number of nitro benzene ring substituents is 1. The summed E-state index contributed by atoms with van der Waals surface area (Å²) in [4.78, 5) is 23.5. The van der Waals surface area contributed by atoms with Gasteiger partial charge in [-0.1, -0.05) is 18.2 Å². The molecule has 1 unspecified atom stereocenters. The molecule has 0 bridgehead atoms. The maximum atomic E-state index is 11.1. The normalized spacial score (nSPS) is 19.3. The minimum atomic E-state index is -0.792. The second-order valence-corrected chi connectivity index (χ2v) is 5.96. The van der Waals surface area contributed by atoms with Crippen LogP contribution in [0, 0.1) is 10.1 Å². The van der Waals surface area contributed by atoms with Crippen molar-refractivity contribution < 1.29 is 14.8 Å². The molecule has 0 aromatic heterocycles. The van der Waals surface area contributed by atoms with Gasteiger partial charge in [0.1, 0.15) is 5.84 Å². The molecular weight excluding hydrogens is 326 g/mol. The number of nitrogens with zero attached hydrogens (tertiary/aromatic N) is 3. The summed E-state index contributed by atoms with van der Waals surface area (Å²) < 4.78 is 0. The van der Waals surface area contributed by atoms with Gasteiger partial charge in [-0.2, -0.15) is 5.10 Å². The summed E-state index contributed by atoms with van der Waals surface area (Å²) in [5.74, 6) is 0.514. The minimum absolute atomic E-state index is 0.0270. The second-order valence-electron chi connectivity index (χ2n) is 5.96. The molecular formula is C16H19N5O4. The Morgan fingerprint density at radius 1 is 1.44 bits per heavy atom. The van der Waals surface area contributed by atoms with E-state index in [1.54, 1.807) is 12.1 Å². The van der Waals surface area contributed by atoms with Crippen LogP contribution in [0.2, 0.25) is 0 Å². The number of aliphatic hydroxyl groups is 1. The molecule has 25 heavy (non-hydrogen) atoms. The number of hydrazone groups is 1. The van der Waals surface area contributed by atoms with Gasteiger partial charge in [0.05, 0.1) is 17.6 Å². The number of aliphatic hydroxyl groups excluding tert-OH is 1. The number of amidine groups is 1. The molecule has 0 saturated heterocycles. The van der Waals surface area contributed by atoms with Crippen LogP contribution in [0.3, 0.4) is 0 Å². The summed E-state index contributed by atoms with van der Waals surface area (Å²) in [7, 11) is 0. The zero-order valence-electron chi connectivity index (χ0n) is 13.5. The summed E-state index contributed by atoms with van der Waals surface area (Å²) >= 11 is 0. The number of hydrogen-bond donors (Lipinski definition) is 3. The number of rotatable bonds is 5. The van der Waals surface area contributed by atoms with Crippen LogP contribution in [0.1, 0.15) is 18.1 Å². The molecule has 1 amide bonds. The lowest BCUT2D eigenvalue weighted by Gasteiger charge is -2.29. The molecule has 0 saturated carbocycles. The molecule has 2 heterocycles. The zero-order chi connectivity index (χ0) is 17.8. The average molecular weight is 345 g/mol.